The molecule has 42 heteroatoms. The van der Waals surface area contributed by atoms with Crippen LogP contribution in [0.5, 0.6) is 0 Å². The summed E-state index contributed by atoms with van der Waals surface area (Å²) in [6.07, 6.45) is -53.3. The summed E-state index contributed by atoms with van der Waals surface area (Å²) in [6, 6.07) is 5.26. The normalized spacial score (nSPS) is 14.3. The Kier molecular flexibility index (Phi) is 23.7. The Labute approximate surface area is 576 Å². The third-order valence-electron chi connectivity index (χ3n) is 16.0. The standard InChI is InChI=1S/C26H17BF14O.C22H9BF14.C16H9BClF9/c1-12-6-13(24(33,34)35)9-16(7-12)27(42-4-2-3-5-42,18-19(28)21(30)23(32)22(31)20(18)29)17-10-14(25(36,37)38)8-15(11-17)26(39,40)41;1-8-2-9(20(29,30)31)5-12(3-8)23(14-15(24)17(26)19(28)18(27)16(14)25)13-6-10(21(32,33)34)4-11(7-13)22(35,36)37;1-8-2-9(14(19,20)21)5-12(3-8)17(18)13-6-10(15(22,23)24)4-11(7-13)16(25,26)27/h6-11H,2-5H2,1H3;2-7H,1H3;2-7H,1H3. The molecule has 1 aliphatic heterocycles. The van der Waals surface area contributed by atoms with E-state index in [2.05, 4.69) is 0 Å². The number of rotatable bonds is 9. The molecule has 0 aliphatic carbocycles. The van der Waals surface area contributed by atoms with Gasteiger partial charge in [0.15, 0.2) is 46.5 Å². The highest BCUT2D eigenvalue weighted by atomic mass is 35.5. The van der Waals surface area contributed by atoms with Gasteiger partial charge in [0.1, 0.15) is 11.6 Å². The van der Waals surface area contributed by atoms with E-state index < -0.39 is 234 Å². The van der Waals surface area contributed by atoms with Crippen LogP contribution in [-0.2, 0) is 59.9 Å². The number of benzene rings is 8. The van der Waals surface area contributed by atoms with Crippen LogP contribution in [0.2, 0.25) is 0 Å². The highest BCUT2D eigenvalue weighted by Crippen LogP contribution is 2.42. The predicted octanol–water partition coefficient (Wildman–Crippen LogP) is 18.7. The van der Waals surface area contributed by atoms with Crippen LogP contribution in [0, 0.1) is 78.9 Å². The summed E-state index contributed by atoms with van der Waals surface area (Å²) in [7, 11) is 0. The van der Waals surface area contributed by atoms with Gasteiger partial charge in [-0.15, -0.1) is 10.9 Å². The summed E-state index contributed by atoms with van der Waals surface area (Å²) >= 11 is 5.97. The second-order valence-corrected chi connectivity index (χ2v) is 24.0. The number of halogens is 38. The van der Waals surface area contributed by atoms with E-state index in [0.717, 1.165) is 26.0 Å². The predicted molar refractivity (Wildman–Crippen MR) is 311 cm³/mol. The van der Waals surface area contributed by atoms with Crippen molar-refractivity contribution in [2.75, 3.05) is 13.2 Å². The van der Waals surface area contributed by atoms with E-state index in [0.29, 0.717) is 36.4 Å². The van der Waals surface area contributed by atoms with Crippen LogP contribution in [0.1, 0.15) is 79.6 Å². The zero-order valence-corrected chi connectivity index (χ0v) is 53.0. The van der Waals surface area contributed by atoms with Crippen LogP contribution < -0.4 is 43.7 Å². The fourth-order valence-corrected chi connectivity index (χ4v) is 11.9. The summed E-state index contributed by atoms with van der Waals surface area (Å²) in [5.41, 5.74) is -25.3. The first-order valence-electron chi connectivity index (χ1n) is 29.0. The van der Waals surface area contributed by atoms with Gasteiger partial charge in [-0.2, -0.15) is 130 Å². The minimum absolute atomic E-state index is 0.00814. The van der Waals surface area contributed by atoms with Crippen molar-refractivity contribution in [1.82, 2.24) is 0 Å². The molecule has 8 aromatic carbocycles. The average Bonchev–Trinajstić information content (AvgIpc) is 1.02. The molecule has 8 aromatic rings. The minimum Gasteiger partial charge on any atom is -0.660 e. The molecule has 1 aliphatic rings. The van der Waals surface area contributed by atoms with E-state index in [1.165, 1.54) is 13.0 Å². The maximum absolute atomic E-state index is 15.6. The van der Waals surface area contributed by atoms with Crippen molar-refractivity contribution in [1.29, 1.82) is 0 Å². The van der Waals surface area contributed by atoms with Crippen molar-refractivity contribution < 1.29 is 167 Å². The largest absolute Gasteiger partial charge is 0.660 e. The summed E-state index contributed by atoms with van der Waals surface area (Å²) in [5.74, 6) is -26.4. The van der Waals surface area contributed by atoms with Gasteiger partial charge in [0.05, 0.1) is 63.3 Å². The molecule has 1 fully saturated rings. The Morgan fingerprint density at radius 2 is 0.491 bits per heavy atom. The number of aryl methyl sites for hydroxylation is 3. The highest BCUT2D eigenvalue weighted by molar-refractivity contribution is 7.21. The van der Waals surface area contributed by atoms with E-state index in [1.54, 1.807) is 0 Å². The van der Waals surface area contributed by atoms with Gasteiger partial charge in [-0.3, -0.25) is 0 Å². The molecule has 1 atom stereocenters. The monoisotopic (exact) mass is 1590 g/mol. The first kappa shape index (κ1) is 84.9. The SMILES string of the molecule is Cc1cc(B(Cl)c2cc(C(F)(F)F)cc(C(F)(F)F)c2)cc(C(F)(F)F)c1.Cc1cc(B(c2cc(C(F)(F)F)cc(C(F)(F)F)c2)c2c(F)c(F)c(F)c(F)c2F)cc(C(F)(F)F)c1.Cc1cc([B-](c2cc(C(F)(F)F)cc(C(F)(F)F)c2)(c2c(F)c(F)c(F)c(F)c2F)[O+]2CCCC2)cc(C(F)(F)F)c1. The molecular formula is C64H35B3ClF37O. The molecule has 0 bridgehead atoms. The molecule has 0 spiro atoms. The summed E-state index contributed by atoms with van der Waals surface area (Å²) in [4.78, 5) is 0. The maximum atomic E-state index is 15.6. The Bertz CT molecular complexity index is 4460. The number of alkyl halides is 27. The Hall–Kier alpha value is -8.39. The van der Waals surface area contributed by atoms with E-state index in [9.17, 15) is 154 Å². The van der Waals surface area contributed by atoms with Crippen LogP contribution in [0.4, 0.5) is 162 Å². The second-order valence-electron chi connectivity index (χ2n) is 23.6. The van der Waals surface area contributed by atoms with Crippen LogP contribution >= 0.6 is 11.5 Å². The van der Waals surface area contributed by atoms with Crippen molar-refractivity contribution in [3.63, 3.8) is 0 Å². The average molecular weight is 1590 g/mol. The van der Waals surface area contributed by atoms with Gasteiger partial charge in [0.25, 0.3) is 0 Å². The van der Waals surface area contributed by atoms with Crippen LogP contribution in [-0.4, -0.2) is 32.4 Å². The molecule has 1 nitrogen and oxygen atoms in total. The lowest BCUT2D eigenvalue weighted by atomic mass is 9.27. The molecule has 0 amide bonds. The third-order valence-corrected chi connectivity index (χ3v) is 16.6. The van der Waals surface area contributed by atoms with E-state index in [4.69, 9.17) is 11.5 Å². The third kappa shape index (κ3) is 18.2. The van der Waals surface area contributed by atoms with Crippen molar-refractivity contribution in [3.05, 3.63) is 234 Å². The van der Waals surface area contributed by atoms with Gasteiger partial charge >= 0.3 is 68.1 Å². The molecule has 106 heavy (non-hydrogen) atoms. The zero-order valence-electron chi connectivity index (χ0n) is 52.2. The lowest BCUT2D eigenvalue weighted by Crippen LogP contribution is -2.75. The summed E-state index contributed by atoms with van der Waals surface area (Å²) < 4.78 is 509. The quantitative estimate of drug-likeness (QED) is 0.0445. The van der Waals surface area contributed by atoms with E-state index in [-0.39, 0.29) is 89.6 Å². The Balaban J connectivity index is 0.000000227. The molecule has 1 saturated heterocycles. The van der Waals surface area contributed by atoms with Gasteiger partial charge in [-0.1, -0.05) is 111 Å². The minimum atomic E-state index is -5.53. The van der Waals surface area contributed by atoms with Gasteiger partial charge in [0, 0.05) is 18.3 Å². The van der Waals surface area contributed by atoms with E-state index in [1.807, 2.05) is 4.28 Å². The van der Waals surface area contributed by atoms with Crippen LogP contribution in [0.25, 0.3) is 0 Å². The maximum Gasteiger partial charge on any atom is 0.416 e. The lowest BCUT2D eigenvalue weighted by Gasteiger charge is -2.47. The Morgan fingerprint density at radius 3 is 0.802 bits per heavy atom. The first-order valence-corrected chi connectivity index (χ1v) is 29.4. The van der Waals surface area contributed by atoms with E-state index >= 15 is 8.78 Å². The molecule has 1 heterocycles. The lowest BCUT2D eigenvalue weighted by molar-refractivity contribution is -0.144. The zero-order chi connectivity index (χ0) is 80.6. The molecule has 0 radical (unpaired) electrons. The smallest absolute Gasteiger partial charge is 0.416 e. The van der Waals surface area contributed by atoms with Crippen LogP contribution in [0.15, 0.2) is 109 Å². The van der Waals surface area contributed by atoms with Gasteiger partial charge in [0.2, 0.25) is 6.71 Å². The van der Waals surface area contributed by atoms with Gasteiger partial charge in [-0.25, -0.2) is 43.9 Å². The number of hydrogen-bond donors (Lipinski definition) is 0. The van der Waals surface area contributed by atoms with Gasteiger partial charge in [-0.05, 0) is 62.6 Å². The highest BCUT2D eigenvalue weighted by Gasteiger charge is 2.55. The van der Waals surface area contributed by atoms with Crippen molar-refractivity contribution in [3.8, 4) is 0 Å². The summed E-state index contributed by atoms with van der Waals surface area (Å²) in [6.45, 7) is -0.301. The topological polar surface area (TPSA) is 2.70 Å². The Morgan fingerprint density at radius 1 is 0.274 bits per heavy atom. The van der Waals surface area contributed by atoms with Crippen molar-refractivity contribution in [2.45, 2.75) is 89.2 Å². The second kappa shape index (κ2) is 29.6. The summed E-state index contributed by atoms with van der Waals surface area (Å²) in [5, 5.41) is 0. The molecule has 0 aromatic heterocycles. The molecular weight excluding hydrogens is 1560 g/mol. The molecule has 572 valence electrons. The fraction of sp³-hybridized carbons (Fsp3) is 0.250. The fourth-order valence-electron chi connectivity index (χ4n) is 11.6. The van der Waals surface area contributed by atoms with Crippen LogP contribution in [0.3, 0.4) is 0 Å². The number of hydrogen-bond acceptors (Lipinski definition) is 0. The first-order chi connectivity index (χ1) is 48.0. The van der Waals surface area contributed by atoms with Gasteiger partial charge < -0.3 is 4.28 Å². The molecule has 0 saturated carbocycles. The molecule has 9 rings (SSSR count). The molecule has 1 unspecified atom stereocenters. The van der Waals surface area contributed by atoms with Crippen molar-refractivity contribution >= 4 is 74.4 Å². The van der Waals surface area contributed by atoms with Crippen molar-refractivity contribution in [2.24, 2.45) is 0 Å². The molecule has 0 N–H and O–H groups in total.